The van der Waals surface area contributed by atoms with E-state index in [-0.39, 0.29) is 40.8 Å². The van der Waals surface area contributed by atoms with E-state index in [1.54, 1.807) is 49.2 Å². The Balaban J connectivity index is 0.924. The first-order chi connectivity index (χ1) is 26.0. The monoisotopic (exact) mass is 728 g/mol. The number of ether oxygens (including phenoxy) is 2. The van der Waals surface area contributed by atoms with Crippen LogP contribution in [-0.4, -0.2) is 100 Å². The summed E-state index contributed by atoms with van der Waals surface area (Å²) in [4.78, 5) is 85.1. The first kappa shape index (κ1) is 34.7. The van der Waals surface area contributed by atoms with Crippen molar-refractivity contribution in [2.45, 2.75) is 31.8 Å². The van der Waals surface area contributed by atoms with Crippen LogP contribution in [0.25, 0.3) is 21.9 Å². The number of pyridine rings is 2. The van der Waals surface area contributed by atoms with Gasteiger partial charge in [0.05, 0.1) is 36.3 Å². The molecular formula is C40H36N6O8. The Morgan fingerprint density at radius 3 is 2.41 bits per heavy atom. The van der Waals surface area contributed by atoms with Gasteiger partial charge in [0.25, 0.3) is 23.3 Å². The Hall–Kier alpha value is -6.33. The van der Waals surface area contributed by atoms with Crippen molar-refractivity contribution in [3.8, 4) is 34.5 Å². The van der Waals surface area contributed by atoms with Gasteiger partial charge in [-0.05, 0) is 66.7 Å². The number of hydrogen-bond acceptors (Lipinski definition) is 10. The number of nitrogens with one attached hydrogen (secondary N) is 1. The average molecular weight is 729 g/mol. The maximum absolute atomic E-state index is 13.2. The Labute approximate surface area is 309 Å². The number of benzene rings is 2. The fraction of sp³-hybridized carbons (Fsp3) is 0.325. The second-order valence-corrected chi connectivity index (χ2v) is 14.3. The molecule has 14 nitrogen and oxygen atoms in total. The highest BCUT2D eigenvalue weighted by Crippen LogP contribution is 2.43. The maximum atomic E-state index is 13.2. The molecule has 4 aliphatic rings. The van der Waals surface area contributed by atoms with Crippen LogP contribution in [0.5, 0.6) is 11.5 Å². The van der Waals surface area contributed by atoms with E-state index in [0.717, 1.165) is 46.5 Å². The summed E-state index contributed by atoms with van der Waals surface area (Å²) in [5.74, 6) is 4.19. The third-order valence-corrected chi connectivity index (χ3v) is 10.9. The van der Waals surface area contributed by atoms with Crippen LogP contribution in [0.1, 0.15) is 51.1 Å². The van der Waals surface area contributed by atoms with Gasteiger partial charge in [0.1, 0.15) is 17.5 Å². The first-order valence-corrected chi connectivity index (χ1v) is 17.6. The number of aryl methyl sites for hydroxylation is 1. The molecule has 4 aromatic rings. The lowest BCUT2D eigenvalue weighted by atomic mass is 9.79. The Bertz CT molecular complexity index is 2410. The molecule has 0 bridgehead atoms. The Morgan fingerprint density at radius 1 is 0.944 bits per heavy atom. The zero-order valence-corrected chi connectivity index (χ0v) is 29.9. The van der Waals surface area contributed by atoms with Gasteiger partial charge in [0.2, 0.25) is 11.8 Å². The van der Waals surface area contributed by atoms with E-state index >= 15 is 0 Å². The van der Waals surface area contributed by atoms with Gasteiger partial charge < -0.3 is 18.9 Å². The number of likely N-dealkylation sites (tertiary alicyclic amines) is 2. The molecular weight excluding hydrogens is 692 g/mol. The molecule has 274 valence electrons. The molecule has 1 spiro atoms. The molecule has 6 heterocycles. The number of carbonyl (C=O) groups excluding carboxylic acids is 5. The van der Waals surface area contributed by atoms with E-state index in [1.807, 2.05) is 24.4 Å². The zero-order valence-electron chi connectivity index (χ0n) is 29.9. The molecule has 4 aliphatic heterocycles. The fourth-order valence-corrected chi connectivity index (χ4v) is 8.14. The van der Waals surface area contributed by atoms with Crippen LogP contribution in [0.2, 0.25) is 0 Å². The van der Waals surface area contributed by atoms with Gasteiger partial charge in [0, 0.05) is 80.7 Å². The number of hydrogen-bond donors (Lipinski definition) is 1. The van der Waals surface area contributed by atoms with Crippen LogP contribution >= 0.6 is 0 Å². The van der Waals surface area contributed by atoms with Crippen molar-refractivity contribution < 1.29 is 33.4 Å². The van der Waals surface area contributed by atoms with Gasteiger partial charge >= 0.3 is 0 Å². The van der Waals surface area contributed by atoms with E-state index in [2.05, 4.69) is 27.0 Å². The van der Waals surface area contributed by atoms with Crippen LogP contribution in [0.4, 0.5) is 0 Å². The van der Waals surface area contributed by atoms with E-state index in [1.165, 1.54) is 12.1 Å². The van der Waals surface area contributed by atoms with Crippen molar-refractivity contribution in [2.75, 3.05) is 40.4 Å². The van der Waals surface area contributed by atoms with Gasteiger partial charge in [-0.15, -0.1) is 0 Å². The summed E-state index contributed by atoms with van der Waals surface area (Å²) in [6.07, 6.45) is 6.07. The molecule has 0 saturated carbocycles. The molecule has 1 unspecified atom stereocenters. The fourth-order valence-electron chi connectivity index (χ4n) is 8.14. The summed E-state index contributed by atoms with van der Waals surface area (Å²) in [5, 5.41) is 3.50. The summed E-state index contributed by atoms with van der Waals surface area (Å²) >= 11 is 0. The molecule has 54 heavy (non-hydrogen) atoms. The number of imide groups is 2. The van der Waals surface area contributed by atoms with E-state index in [9.17, 15) is 28.8 Å². The molecule has 0 aliphatic carbocycles. The number of carbonyl (C=O) groups is 5. The SMILES string of the molecule is COc1cc(-c2cn(C)c(=O)c3cnccc23)cc(OC)c1CN1CCC2(C1)CN(C(=O)C#Cc1ccc3c(c1)C(=O)N(C1CCC(=O)NC1=O)C3=O)C2. The molecule has 0 radical (unpaired) electrons. The molecule has 1 N–H and O–H groups in total. The molecule has 5 amide bonds. The number of methoxy groups -OCH3 is 2. The Kier molecular flexibility index (Phi) is 8.53. The van der Waals surface area contributed by atoms with Crippen LogP contribution in [0.15, 0.2) is 59.8 Å². The minimum Gasteiger partial charge on any atom is -0.496 e. The van der Waals surface area contributed by atoms with E-state index in [4.69, 9.17) is 9.47 Å². The summed E-state index contributed by atoms with van der Waals surface area (Å²) in [6.45, 7) is 3.33. The second kappa shape index (κ2) is 13.3. The second-order valence-electron chi connectivity index (χ2n) is 14.3. The van der Waals surface area contributed by atoms with Crippen LogP contribution < -0.4 is 20.3 Å². The maximum Gasteiger partial charge on any atom is 0.298 e. The highest BCUT2D eigenvalue weighted by molar-refractivity contribution is 6.23. The lowest BCUT2D eigenvalue weighted by molar-refractivity contribution is -0.137. The normalized spacial score (nSPS) is 19.1. The molecule has 1 atom stereocenters. The standard InChI is InChI=1S/C40H36N6O8/c1-43-18-29(25-10-12-41-17-28(25)37(43)50)24-15-32(53-2)30(33(16-24)54-3)19-44-13-11-40(20-44)21-45(22-40)35(48)9-5-23-4-6-26-27(14-23)39(52)46(38(26)51)31-7-8-34(47)42-36(31)49/h4,6,10,12,14-18,31H,7-8,11,13,19-22H2,1-3H3,(H,42,47,49). The third-order valence-electron chi connectivity index (χ3n) is 10.9. The highest BCUT2D eigenvalue weighted by atomic mass is 16.5. The lowest BCUT2D eigenvalue weighted by Crippen LogP contribution is -2.59. The predicted molar refractivity (Wildman–Crippen MR) is 194 cm³/mol. The van der Waals surface area contributed by atoms with Gasteiger partial charge in [-0.25, -0.2) is 0 Å². The summed E-state index contributed by atoms with van der Waals surface area (Å²) in [7, 11) is 4.97. The minimum atomic E-state index is -1.06. The Morgan fingerprint density at radius 2 is 1.69 bits per heavy atom. The van der Waals surface area contributed by atoms with Crippen molar-refractivity contribution in [3.05, 3.63) is 87.6 Å². The largest absolute Gasteiger partial charge is 0.496 e. The molecule has 2 aromatic carbocycles. The zero-order chi connectivity index (χ0) is 37.9. The summed E-state index contributed by atoms with van der Waals surface area (Å²) < 4.78 is 13.3. The average Bonchev–Trinajstić information content (AvgIpc) is 3.69. The number of amides is 5. The molecule has 8 rings (SSSR count). The van der Waals surface area contributed by atoms with Gasteiger partial charge in [0.15, 0.2) is 0 Å². The minimum absolute atomic E-state index is 0.0347. The number of rotatable bonds is 6. The smallest absolute Gasteiger partial charge is 0.298 e. The topological polar surface area (TPSA) is 160 Å². The number of fused-ring (bicyclic) bond motifs is 2. The predicted octanol–water partition coefficient (Wildman–Crippen LogP) is 2.10. The quantitative estimate of drug-likeness (QED) is 0.230. The number of nitrogens with zero attached hydrogens (tertiary/aromatic N) is 5. The molecule has 3 fully saturated rings. The van der Waals surface area contributed by atoms with Crippen LogP contribution in [0, 0.1) is 17.3 Å². The summed E-state index contributed by atoms with van der Waals surface area (Å²) in [5.41, 5.74) is 3.09. The van der Waals surface area contributed by atoms with Gasteiger partial charge in [-0.3, -0.25) is 48.9 Å². The number of piperidine rings is 1. The van der Waals surface area contributed by atoms with Crippen LogP contribution in [0.3, 0.4) is 0 Å². The number of aromatic nitrogens is 2. The highest BCUT2D eigenvalue weighted by Gasteiger charge is 2.49. The molecule has 14 heteroatoms. The van der Waals surface area contributed by atoms with Crippen molar-refractivity contribution in [1.82, 2.24) is 29.6 Å². The van der Waals surface area contributed by atoms with Crippen molar-refractivity contribution in [3.63, 3.8) is 0 Å². The van der Waals surface area contributed by atoms with Gasteiger partial charge in [-0.2, -0.15) is 0 Å². The molecule has 3 saturated heterocycles. The van der Waals surface area contributed by atoms with Crippen molar-refractivity contribution in [1.29, 1.82) is 0 Å². The van der Waals surface area contributed by atoms with E-state index < -0.39 is 29.7 Å². The van der Waals surface area contributed by atoms with Crippen molar-refractivity contribution >= 4 is 40.3 Å². The first-order valence-electron chi connectivity index (χ1n) is 17.6. The van der Waals surface area contributed by atoms with Crippen molar-refractivity contribution in [2.24, 2.45) is 12.5 Å². The van der Waals surface area contributed by atoms with E-state index in [0.29, 0.717) is 42.1 Å². The van der Waals surface area contributed by atoms with Crippen LogP contribution in [-0.2, 0) is 28.0 Å². The molecule has 2 aromatic heterocycles. The summed E-state index contributed by atoms with van der Waals surface area (Å²) in [6, 6.07) is 9.22. The van der Waals surface area contributed by atoms with Gasteiger partial charge in [-0.1, -0.05) is 5.92 Å². The third kappa shape index (κ3) is 5.86. The lowest BCUT2D eigenvalue weighted by Gasteiger charge is -2.47.